The second-order valence-corrected chi connectivity index (χ2v) is 8.22. The Kier molecular flexibility index (Phi) is 6.95. The van der Waals surface area contributed by atoms with E-state index in [1.807, 2.05) is 0 Å². The first-order valence-electron chi connectivity index (χ1n) is 8.57. The molecule has 0 fully saturated rings. The molecule has 3 rings (SSSR count). The van der Waals surface area contributed by atoms with E-state index in [9.17, 15) is 18.4 Å². The topological polar surface area (TPSA) is 71.1 Å². The highest BCUT2D eigenvalue weighted by Crippen LogP contribution is 2.23. The number of aromatic nitrogens is 1. The minimum atomic E-state index is -0.381. The molecule has 0 atom stereocenters. The Bertz CT molecular complexity index is 1020. The molecule has 9 heteroatoms. The molecule has 29 heavy (non-hydrogen) atoms. The molecule has 1 aromatic heterocycles. The molecule has 0 radical (unpaired) electrons. The highest BCUT2D eigenvalue weighted by atomic mass is 32.2. The number of anilines is 2. The Morgan fingerprint density at radius 1 is 1.03 bits per heavy atom. The summed E-state index contributed by atoms with van der Waals surface area (Å²) in [5.41, 5.74) is 1.98. The Morgan fingerprint density at radius 2 is 1.72 bits per heavy atom. The van der Waals surface area contributed by atoms with E-state index < -0.39 is 0 Å². The second-order valence-electron chi connectivity index (χ2n) is 6.14. The first-order valence-corrected chi connectivity index (χ1v) is 10.4. The van der Waals surface area contributed by atoms with Crippen molar-refractivity contribution in [1.29, 1.82) is 0 Å². The number of aryl methyl sites for hydroxylation is 1. The first kappa shape index (κ1) is 20.9. The number of thioether (sulfide) groups is 1. The van der Waals surface area contributed by atoms with Crippen LogP contribution in [-0.4, -0.2) is 22.6 Å². The maximum absolute atomic E-state index is 13.6. The Balaban J connectivity index is 1.47. The lowest BCUT2D eigenvalue weighted by atomic mass is 10.2. The van der Waals surface area contributed by atoms with Gasteiger partial charge in [-0.1, -0.05) is 17.8 Å². The number of halogens is 2. The molecule has 3 aromatic rings. The number of carbonyl (C=O) groups is 2. The first-order chi connectivity index (χ1) is 13.9. The normalized spacial score (nSPS) is 10.6. The van der Waals surface area contributed by atoms with Gasteiger partial charge in [0.25, 0.3) is 0 Å². The predicted octanol–water partition coefficient (Wildman–Crippen LogP) is 4.64. The predicted molar refractivity (Wildman–Crippen MR) is 111 cm³/mol. The zero-order valence-corrected chi connectivity index (χ0v) is 17.0. The van der Waals surface area contributed by atoms with Gasteiger partial charge in [-0.05, 0) is 48.9 Å². The molecule has 0 spiro atoms. The molecule has 5 nitrogen and oxygen atoms in total. The van der Waals surface area contributed by atoms with E-state index in [1.54, 1.807) is 24.4 Å². The number of hydrogen-bond donors (Lipinski definition) is 2. The number of nitrogens with zero attached hydrogens (tertiary/aromatic N) is 1. The SMILES string of the molecule is Cc1ccc(NC(=O)Cc2csc(SCC(=O)Nc3ccc(F)cc3)n2)cc1F. The van der Waals surface area contributed by atoms with E-state index >= 15 is 0 Å². The van der Waals surface area contributed by atoms with Crippen molar-refractivity contribution in [2.24, 2.45) is 0 Å². The minimum Gasteiger partial charge on any atom is -0.326 e. The van der Waals surface area contributed by atoms with E-state index in [0.717, 1.165) is 0 Å². The maximum atomic E-state index is 13.6. The smallest absolute Gasteiger partial charge is 0.234 e. The summed E-state index contributed by atoms with van der Waals surface area (Å²) in [5, 5.41) is 7.05. The highest BCUT2D eigenvalue weighted by Gasteiger charge is 2.11. The summed E-state index contributed by atoms with van der Waals surface area (Å²) in [4.78, 5) is 28.4. The number of benzene rings is 2. The van der Waals surface area contributed by atoms with Crippen molar-refractivity contribution >= 4 is 46.3 Å². The third-order valence-electron chi connectivity index (χ3n) is 3.78. The molecule has 2 aromatic carbocycles. The summed E-state index contributed by atoms with van der Waals surface area (Å²) in [6, 6.07) is 10.0. The van der Waals surface area contributed by atoms with Crippen LogP contribution in [0.5, 0.6) is 0 Å². The maximum Gasteiger partial charge on any atom is 0.234 e. The van der Waals surface area contributed by atoms with Gasteiger partial charge in [0.05, 0.1) is 17.9 Å². The van der Waals surface area contributed by atoms with E-state index in [0.29, 0.717) is 27.0 Å². The van der Waals surface area contributed by atoms with Crippen molar-refractivity contribution in [2.45, 2.75) is 17.7 Å². The van der Waals surface area contributed by atoms with Crippen LogP contribution in [0.2, 0.25) is 0 Å². The number of amides is 2. The lowest BCUT2D eigenvalue weighted by molar-refractivity contribution is -0.116. The number of nitrogens with one attached hydrogen (secondary N) is 2. The second kappa shape index (κ2) is 9.62. The van der Waals surface area contributed by atoms with Crippen molar-refractivity contribution in [3.05, 3.63) is 70.7 Å². The Labute approximate surface area is 174 Å². The summed E-state index contributed by atoms with van der Waals surface area (Å²) in [5.74, 6) is -1.15. The van der Waals surface area contributed by atoms with E-state index in [1.165, 1.54) is 53.4 Å². The van der Waals surface area contributed by atoms with Crippen LogP contribution in [0.25, 0.3) is 0 Å². The van der Waals surface area contributed by atoms with Gasteiger partial charge in [0.15, 0.2) is 4.34 Å². The van der Waals surface area contributed by atoms with Gasteiger partial charge in [-0.3, -0.25) is 9.59 Å². The Hall–Kier alpha value is -2.78. The van der Waals surface area contributed by atoms with Gasteiger partial charge in [-0.25, -0.2) is 13.8 Å². The minimum absolute atomic E-state index is 0.0499. The van der Waals surface area contributed by atoms with Crippen molar-refractivity contribution in [2.75, 3.05) is 16.4 Å². The van der Waals surface area contributed by atoms with Gasteiger partial charge in [-0.2, -0.15) is 0 Å². The van der Waals surface area contributed by atoms with E-state index in [-0.39, 0.29) is 35.6 Å². The van der Waals surface area contributed by atoms with Crippen LogP contribution in [0.4, 0.5) is 20.2 Å². The fourth-order valence-electron chi connectivity index (χ4n) is 2.33. The lowest BCUT2D eigenvalue weighted by Gasteiger charge is -2.05. The van der Waals surface area contributed by atoms with Gasteiger partial charge in [0.1, 0.15) is 11.6 Å². The number of rotatable bonds is 7. The molecule has 2 amide bonds. The van der Waals surface area contributed by atoms with Gasteiger partial charge < -0.3 is 10.6 Å². The van der Waals surface area contributed by atoms with Crippen LogP contribution in [0.15, 0.2) is 52.2 Å². The van der Waals surface area contributed by atoms with Crippen molar-refractivity contribution in [1.82, 2.24) is 4.98 Å². The van der Waals surface area contributed by atoms with Crippen LogP contribution in [0, 0.1) is 18.6 Å². The summed E-state index contributed by atoms with van der Waals surface area (Å²) < 4.78 is 27.1. The Morgan fingerprint density at radius 3 is 2.45 bits per heavy atom. The molecule has 0 saturated heterocycles. The quantitative estimate of drug-likeness (QED) is 0.533. The molecule has 0 unspecified atom stereocenters. The molecular weight excluding hydrogens is 416 g/mol. The average molecular weight is 434 g/mol. The fourth-order valence-corrected chi connectivity index (χ4v) is 3.98. The van der Waals surface area contributed by atoms with Crippen LogP contribution >= 0.6 is 23.1 Å². The molecule has 0 aliphatic heterocycles. The van der Waals surface area contributed by atoms with Gasteiger partial charge in [-0.15, -0.1) is 11.3 Å². The zero-order chi connectivity index (χ0) is 20.8. The van der Waals surface area contributed by atoms with Crippen molar-refractivity contribution in [3.8, 4) is 0 Å². The molecule has 0 bridgehead atoms. The summed E-state index contributed by atoms with van der Waals surface area (Å²) in [6.45, 7) is 1.65. The summed E-state index contributed by atoms with van der Waals surface area (Å²) in [6.07, 6.45) is 0.0499. The molecule has 0 aliphatic rings. The molecule has 150 valence electrons. The lowest BCUT2D eigenvalue weighted by Crippen LogP contribution is -2.15. The molecule has 2 N–H and O–H groups in total. The van der Waals surface area contributed by atoms with Crippen LogP contribution < -0.4 is 10.6 Å². The van der Waals surface area contributed by atoms with Crippen LogP contribution in [0.1, 0.15) is 11.3 Å². The van der Waals surface area contributed by atoms with Crippen molar-refractivity contribution in [3.63, 3.8) is 0 Å². The monoisotopic (exact) mass is 433 g/mol. The highest BCUT2D eigenvalue weighted by molar-refractivity contribution is 8.01. The largest absolute Gasteiger partial charge is 0.326 e. The van der Waals surface area contributed by atoms with Gasteiger partial charge in [0.2, 0.25) is 11.8 Å². The molecule has 1 heterocycles. The number of hydrogen-bond acceptors (Lipinski definition) is 5. The van der Waals surface area contributed by atoms with Crippen LogP contribution in [0.3, 0.4) is 0 Å². The fraction of sp³-hybridized carbons (Fsp3) is 0.150. The van der Waals surface area contributed by atoms with Crippen molar-refractivity contribution < 1.29 is 18.4 Å². The van der Waals surface area contributed by atoms with Crippen LogP contribution in [-0.2, 0) is 16.0 Å². The number of carbonyl (C=O) groups excluding carboxylic acids is 2. The zero-order valence-electron chi connectivity index (χ0n) is 15.4. The molecule has 0 saturated carbocycles. The van der Waals surface area contributed by atoms with E-state index in [2.05, 4.69) is 15.6 Å². The number of thiazole rings is 1. The van der Waals surface area contributed by atoms with Gasteiger partial charge in [0, 0.05) is 16.8 Å². The average Bonchev–Trinajstić information content (AvgIpc) is 3.12. The standard InChI is InChI=1S/C20H17F2N3O2S2/c1-12-2-5-15(8-17(12)22)24-18(26)9-16-10-28-20(25-16)29-11-19(27)23-14-6-3-13(21)4-7-14/h2-8,10H,9,11H2,1H3,(H,23,27)(H,24,26). The third kappa shape index (κ3) is 6.37. The van der Waals surface area contributed by atoms with Gasteiger partial charge >= 0.3 is 0 Å². The summed E-state index contributed by atoms with van der Waals surface area (Å²) >= 11 is 2.58. The van der Waals surface area contributed by atoms with E-state index in [4.69, 9.17) is 0 Å². The molecular formula is C20H17F2N3O2S2. The summed E-state index contributed by atoms with van der Waals surface area (Å²) in [7, 11) is 0. The molecule has 0 aliphatic carbocycles. The third-order valence-corrected chi connectivity index (χ3v) is 5.85.